The normalized spacial score (nSPS) is 12.1. The number of hydrogen-bond donors (Lipinski definition) is 2. The first kappa shape index (κ1) is 30.0. The number of carbonyl (C=O) groups is 2. The molecule has 0 aliphatic carbocycles. The third kappa shape index (κ3) is 8.05. The van der Waals surface area contributed by atoms with Crippen LogP contribution in [0.1, 0.15) is 33.7 Å². The molecule has 1 atom stereocenters. The van der Waals surface area contributed by atoms with Gasteiger partial charge in [-0.25, -0.2) is 9.07 Å². The molecular formula is C27H24F5N7O3. The maximum atomic E-state index is 14.6. The molecule has 42 heavy (non-hydrogen) atoms. The molecule has 220 valence electrons. The summed E-state index contributed by atoms with van der Waals surface area (Å²) in [6.07, 6.45) is -2.96. The smallest absolute Gasteiger partial charge is 0.345 e. The number of nitrogens with one attached hydrogen (secondary N) is 2. The summed E-state index contributed by atoms with van der Waals surface area (Å²) in [5.74, 6) is -2.44. The Morgan fingerprint density at radius 1 is 1.07 bits per heavy atom. The van der Waals surface area contributed by atoms with E-state index >= 15 is 0 Å². The van der Waals surface area contributed by atoms with Crippen LogP contribution in [0, 0.1) is 5.82 Å². The summed E-state index contributed by atoms with van der Waals surface area (Å²) >= 11 is 0. The van der Waals surface area contributed by atoms with Crippen molar-refractivity contribution in [3.8, 4) is 0 Å². The van der Waals surface area contributed by atoms with Crippen LogP contribution in [0.25, 0.3) is 0 Å². The lowest BCUT2D eigenvalue weighted by molar-refractivity contribution is -0.137. The van der Waals surface area contributed by atoms with E-state index in [4.69, 9.17) is 0 Å². The Morgan fingerprint density at radius 3 is 2.57 bits per heavy atom. The topological polar surface area (TPSA) is 124 Å². The van der Waals surface area contributed by atoms with Crippen LogP contribution in [-0.2, 0) is 37.0 Å². The van der Waals surface area contributed by atoms with Gasteiger partial charge in [0.25, 0.3) is 11.5 Å². The van der Waals surface area contributed by atoms with Crippen LogP contribution in [0.2, 0.25) is 0 Å². The van der Waals surface area contributed by atoms with Crippen molar-refractivity contribution in [1.82, 2.24) is 29.9 Å². The molecule has 4 aromatic rings. The lowest BCUT2D eigenvalue weighted by Crippen LogP contribution is -2.27. The van der Waals surface area contributed by atoms with Crippen molar-refractivity contribution in [2.24, 2.45) is 0 Å². The van der Waals surface area contributed by atoms with Crippen LogP contribution < -0.4 is 16.2 Å². The SMILES string of the molecule is O=C(Cc1ccccc1)Nc1ccn(CCC(F)Cn2cc(C(=O)NCc3cc(C(F)(F)F)ccn3)nn2)c(=O)c1F. The maximum Gasteiger partial charge on any atom is 0.416 e. The first-order valence-corrected chi connectivity index (χ1v) is 12.6. The summed E-state index contributed by atoms with van der Waals surface area (Å²) in [7, 11) is 0. The largest absolute Gasteiger partial charge is 0.416 e. The highest BCUT2D eigenvalue weighted by Crippen LogP contribution is 2.29. The molecule has 0 aliphatic rings. The molecule has 0 spiro atoms. The van der Waals surface area contributed by atoms with Crippen molar-refractivity contribution in [3.05, 3.63) is 106 Å². The number of benzene rings is 1. The Morgan fingerprint density at radius 2 is 1.83 bits per heavy atom. The van der Waals surface area contributed by atoms with Gasteiger partial charge in [-0.1, -0.05) is 35.5 Å². The Labute approximate surface area is 235 Å². The molecule has 4 rings (SSSR count). The molecule has 0 radical (unpaired) electrons. The lowest BCUT2D eigenvalue weighted by atomic mass is 10.1. The van der Waals surface area contributed by atoms with E-state index < -0.39 is 41.1 Å². The summed E-state index contributed by atoms with van der Waals surface area (Å²) in [6.45, 7) is -0.816. The van der Waals surface area contributed by atoms with Gasteiger partial charge in [-0.05, 0) is 30.2 Å². The average molecular weight is 590 g/mol. The molecule has 10 nitrogen and oxygen atoms in total. The molecule has 0 bridgehead atoms. The van der Waals surface area contributed by atoms with Crippen molar-refractivity contribution >= 4 is 17.5 Å². The van der Waals surface area contributed by atoms with Crippen LogP contribution in [0.5, 0.6) is 0 Å². The third-order valence-corrected chi connectivity index (χ3v) is 6.00. The number of aryl methyl sites for hydroxylation is 1. The Kier molecular flexibility index (Phi) is 9.39. The number of aromatic nitrogens is 5. The number of pyridine rings is 2. The minimum absolute atomic E-state index is 0.00834. The van der Waals surface area contributed by atoms with Crippen LogP contribution in [0.4, 0.5) is 27.6 Å². The van der Waals surface area contributed by atoms with Crippen LogP contribution >= 0.6 is 0 Å². The molecule has 0 saturated heterocycles. The zero-order chi connectivity index (χ0) is 30.3. The molecule has 1 aromatic carbocycles. The quantitative estimate of drug-likeness (QED) is 0.258. The highest BCUT2D eigenvalue weighted by Gasteiger charge is 2.30. The molecule has 3 aromatic heterocycles. The van der Waals surface area contributed by atoms with Gasteiger partial charge in [0.1, 0.15) is 6.17 Å². The van der Waals surface area contributed by atoms with E-state index in [-0.39, 0.29) is 49.6 Å². The van der Waals surface area contributed by atoms with Crippen LogP contribution in [0.15, 0.2) is 71.9 Å². The molecule has 0 fully saturated rings. The molecule has 15 heteroatoms. The zero-order valence-corrected chi connectivity index (χ0v) is 21.8. The Bertz CT molecular complexity index is 1610. The molecule has 2 N–H and O–H groups in total. The first-order valence-electron chi connectivity index (χ1n) is 12.6. The summed E-state index contributed by atoms with van der Waals surface area (Å²) < 4.78 is 69.7. The van der Waals surface area contributed by atoms with Gasteiger partial charge in [-0.2, -0.15) is 17.6 Å². The second kappa shape index (κ2) is 13.1. The standard InChI is InChI=1S/C27H24F5N7O3/c28-19(7-10-38-11-8-21(24(29)26(38)42)35-23(40)12-17-4-2-1-3-5-17)15-39-16-22(36-37-39)25(41)34-14-20-13-18(6-9-33-20)27(30,31)32/h1-6,8-9,11,13,16,19H,7,10,12,14-15H2,(H,34,41)(H,35,40). The molecule has 0 saturated carbocycles. The number of hydrogen-bond acceptors (Lipinski definition) is 6. The van der Waals surface area contributed by atoms with E-state index in [0.29, 0.717) is 5.56 Å². The van der Waals surface area contributed by atoms with Crippen molar-refractivity contribution < 1.29 is 31.5 Å². The number of anilines is 1. The molecule has 2 amide bonds. The molecule has 1 unspecified atom stereocenters. The van der Waals surface area contributed by atoms with Crippen LogP contribution in [0.3, 0.4) is 0 Å². The van der Waals surface area contributed by atoms with Crippen molar-refractivity contribution in [2.45, 2.75) is 44.8 Å². The van der Waals surface area contributed by atoms with E-state index in [1.165, 1.54) is 12.3 Å². The summed E-state index contributed by atoms with van der Waals surface area (Å²) in [5.41, 5.74) is -1.74. The number of rotatable bonds is 11. The third-order valence-electron chi connectivity index (χ3n) is 6.00. The number of carbonyl (C=O) groups excluding carboxylic acids is 2. The summed E-state index contributed by atoms with van der Waals surface area (Å²) in [5, 5.41) is 12.0. The van der Waals surface area contributed by atoms with E-state index in [0.717, 1.165) is 33.8 Å². The van der Waals surface area contributed by atoms with Gasteiger partial charge in [0.2, 0.25) is 11.7 Å². The van der Waals surface area contributed by atoms with Gasteiger partial charge in [0.05, 0.1) is 42.7 Å². The van der Waals surface area contributed by atoms with Gasteiger partial charge in [-0.3, -0.25) is 19.4 Å². The molecular weight excluding hydrogens is 565 g/mol. The van der Waals surface area contributed by atoms with Gasteiger partial charge < -0.3 is 15.2 Å². The number of halogens is 5. The first-order chi connectivity index (χ1) is 20.0. The lowest BCUT2D eigenvalue weighted by Gasteiger charge is -2.12. The summed E-state index contributed by atoms with van der Waals surface area (Å²) in [4.78, 5) is 40.7. The predicted octanol–water partition coefficient (Wildman–Crippen LogP) is 3.53. The minimum atomic E-state index is -4.56. The monoisotopic (exact) mass is 589 g/mol. The fourth-order valence-electron chi connectivity index (χ4n) is 3.87. The molecule has 3 heterocycles. The average Bonchev–Trinajstić information content (AvgIpc) is 3.42. The number of alkyl halides is 4. The second-order valence-corrected chi connectivity index (χ2v) is 9.18. The van der Waals surface area contributed by atoms with Gasteiger partial charge >= 0.3 is 6.18 Å². The number of amides is 2. The Hall–Kier alpha value is -4.95. The van der Waals surface area contributed by atoms with E-state index in [1.807, 2.05) is 0 Å². The molecule has 0 aliphatic heterocycles. The van der Waals surface area contributed by atoms with E-state index in [1.54, 1.807) is 30.3 Å². The van der Waals surface area contributed by atoms with Crippen molar-refractivity contribution in [3.63, 3.8) is 0 Å². The van der Waals surface area contributed by atoms with Crippen LogP contribution in [-0.4, -0.2) is 42.5 Å². The minimum Gasteiger partial charge on any atom is -0.345 e. The van der Waals surface area contributed by atoms with E-state index in [9.17, 15) is 36.3 Å². The van der Waals surface area contributed by atoms with Gasteiger partial charge in [0.15, 0.2) is 5.69 Å². The van der Waals surface area contributed by atoms with E-state index in [2.05, 4.69) is 25.9 Å². The van der Waals surface area contributed by atoms with Crippen molar-refractivity contribution in [2.75, 3.05) is 5.32 Å². The van der Waals surface area contributed by atoms with Crippen molar-refractivity contribution in [1.29, 1.82) is 0 Å². The van der Waals surface area contributed by atoms with Gasteiger partial charge in [0, 0.05) is 18.9 Å². The fraction of sp³-hybridized carbons (Fsp3) is 0.259. The zero-order valence-electron chi connectivity index (χ0n) is 21.8. The fourth-order valence-corrected chi connectivity index (χ4v) is 3.87. The summed E-state index contributed by atoms with van der Waals surface area (Å²) in [6, 6.07) is 11.6. The second-order valence-electron chi connectivity index (χ2n) is 9.18. The van der Waals surface area contributed by atoms with Gasteiger partial charge in [-0.15, -0.1) is 5.10 Å². The highest BCUT2D eigenvalue weighted by molar-refractivity contribution is 5.92. The number of nitrogens with zero attached hydrogens (tertiary/aromatic N) is 5. The highest BCUT2D eigenvalue weighted by atomic mass is 19.4. The maximum absolute atomic E-state index is 14.6. The predicted molar refractivity (Wildman–Crippen MR) is 139 cm³/mol. The Balaban J connectivity index is 1.26.